The van der Waals surface area contributed by atoms with Crippen LogP contribution in [-0.4, -0.2) is 38.1 Å². The van der Waals surface area contributed by atoms with Gasteiger partial charge < -0.3 is 15.4 Å². The van der Waals surface area contributed by atoms with E-state index in [4.69, 9.17) is 10.5 Å². The number of halogens is 1. The second kappa shape index (κ2) is 6.02. The number of carbonyl (C=O) groups is 1. The Labute approximate surface area is 113 Å². The molecule has 2 N–H and O–H groups in total. The Hall–Kier alpha value is -1.62. The van der Waals surface area contributed by atoms with Crippen molar-refractivity contribution in [2.45, 2.75) is 13.8 Å². The lowest BCUT2D eigenvalue weighted by Gasteiger charge is -2.29. The third-order valence-corrected chi connectivity index (χ3v) is 2.96. The first-order valence-electron chi connectivity index (χ1n) is 6.10. The van der Waals surface area contributed by atoms with E-state index in [-0.39, 0.29) is 17.1 Å². The first-order valence-corrected chi connectivity index (χ1v) is 6.10. The summed E-state index contributed by atoms with van der Waals surface area (Å²) in [6.07, 6.45) is 0. The first-order chi connectivity index (χ1) is 8.80. The molecule has 0 spiro atoms. The van der Waals surface area contributed by atoms with Gasteiger partial charge in [0.1, 0.15) is 0 Å². The van der Waals surface area contributed by atoms with Gasteiger partial charge in [0.25, 0.3) is 5.91 Å². The normalized spacial score (nSPS) is 11.3. The maximum absolute atomic E-state index is 13.6. The highest BCUT2D eigenvalue weighted by molar-refractivity contribution is 5.94. The average Bonchev–Trinajstić information content (AvgIpc) is 2.37. The standard InChI is InChI=1S/C14H21FN2O2/c1-14(2,8-16)9-17(3)13(18)10-5-6-12(19-4)11(15)7-10/h5-7H,8-9,16H2,1-4H3. The summed E-state index contributed by atoms with van der Waals surface area (Å²) < 4.78 is 18.4. The number of amides is 1. The van der Waals surface area contributed by atoms with Crippen LogP contribution in [0.2, 0.25) is 0 Å². The summed E-state index contributed by atoms with van der Waals surface area (Å²) >= 11 is 0. The number of nitrogens with zero attached hydrogens (tertiary/aromatic N) is 1. The van der Waals surface area contributed by atoms with Crippen molar-refractivity contribution >= 4 is 5.91 Å². The Morgan fingerprint density at radius 2 is 2.11 bits per heavy atom. The third kappa shape index (κ3) is 3.92. The third-order valence-electron chi connectivity index (χ3n) is 2.96. The largest absolute Gasteiger partial charge is 0.494 e. The Kier molecular flexibility index (Phi) is 4.89. The van der Waals surface area contributed by atoms with Crippen LogP contribution >= 0.6 is 0 Å². The van der Waals surface area contributed by atoms with Gasteiger partial charge in [-0.25, -0.2) is 4.39 Å². The molecule has 0 bridgehead atoms. The van der Waals surface area contributed by atoms with Gasteiger partial charge in [0.2, 0.25) is 0 Å². The van der Waals surface area contributed by atoms with E-state index in [1.807, 2.05) is 13.8 Å². The van der Waals surface area contributed by atoms with Crippen LogP contribution in [0.1, 0.15) is 24.2 Å². The van der Waals surface area contributed by atoms with E-state index in [1.54, 1.807) is 18.0 Å². The molecule has 0 heterocycles. The smallest absolute Gasteiger partial charge is 0.253 e. The molecule has 0 unspecified atom stereocenters. The van der Waals surface area contributed by atoms with Crippen molar-refractivity contribution in [3.8, 4) is 5.75 Å². The van der Waals surface area contributed by atoms with E-state index in [2.05, 4.69) is 0 Å². The van der Waals surface area contributed by atoms with E-state index < -0.39 is 5.82 Å². The molecule has 0 aliphatic rings. The number of carbonyl (C=O) groups excluding carboxylic acids is 1. The fourth-order valence-corrected chi connectivity index (χ4v) is 1.80. The van der Waals surface area contributed by atoms with Gasteiger partial charge in [-0.05, 0) is 30.2 Å². The Balaban J connectivity index is 2.85. The quantitative estimate of drug-likeness (QED) is 0.887. The molecule has 1 aromatic carbocycles. The zero-order valence-electron chi connectivity index (χ0n) is 11.9. The predicted octanol–water partition coefficient (Wildman–Crippen LogP) is 1.89. The summed E-state index contributed by atoms with van der Waals surface area (Å²) in [4.78, 5) is 13.7. The molecule has 0 aliphatic heterocycles. The van der Waals surface area contributed by atoms with Crippen molar-refractivity contribution in [3.05, 3.63) is 29.6 Å². The van der Waals surface area contributed by atoms with Crippen LogP contribution in [0.25, 0.3) is 0 Å². The Morgan fingerprint density at radius 1 is 1.47 bits per heavy atom. The molecule has 0 saturated carbocycles. The van der Waals surface area contributed by atoms with Gasteiger partial charge in [-0.3, -0.25) is 4.79 Å². The molecule has 0 aliphatic carbocycles. The van der Waals surface area contributed by atoms with Gasteiger partial charge in [0, 0.05) is 19.2 Å². The minimum atomic E-state index is -0.542. The second-order valence-electron chi connectivity index (χ2n) is 5.38. The molecule has 5 heteroatoms. The van der Waals surface area contributed by atoms with E-state index in [0.29, 0.717) is 18.7 Å². The van der Waals surface area contributed by atoms with Gasteiger partial charge in [0.15, 0.2) is 11.6 Å². The molecule has 1 aromatic rings. The number of rotatable bonds is 5. The van der Waals surface area contributed by atoms with E-state index in [0.717, 1.165) is 0 Å². The lowest BCUT2D eigenvalue weighted by atomic mass is 9.93. The topological polar surface area (TPSA) is 55.6 Å². The van der Waals surface area contributed by atoms with Crippen molar-refractivity contribution in [2.24, 2.45) is 11.1 Å². The van der Waals surface area contributed by atoms with Crippen LogP contribution in [0.5, 0.6) is 5.75 Å². The number of hydrogen-bond donors (Lipinski definition) is 1. The monoisotopic (exact) mass is 268 g/mol. The molecule has 0 fully saturated rings. The lowest BCUT2D eigenvalue weighted by molar-refractivity contribution is 0.0740. The minimum Gasteiger partial charge on any atom is -0.494 e. The number of nitrogens with two attached hydrogens (primary N) is 1. The summed E-state index contributed by atoms with van der Waals surface area (Å²) in [5.41, 5.74) is 5.77. The number of hydrogen-bond acceptors (Lipinski definition) is 3. The minimum absolute atomic E-state index is 0.126. The molecular weight excluding hydrogens is 247 g/mol. The van der Waals surface area contributed by atoms with Crippen molar-refractivity contribution in [2.75, 3.05) is 27.2 Å². The Morgan fingerprint density at radius 3 is 2.58 bits per heavy atom. The summed E-state index contributed by atoms with van der Waals surface area (Å²) in [5, 5.41) is 0. The molecule has 19 heavy (non-hydrogen) atoms. The second-order valence-corrected chi connectivity index (χ2v) is 5.38. The number of ether oxygens (including phenoxy) is 1. The highest BCUT2D eigenvalue weighted by Crippen LogP contribution is 2.20. The van der Waals surface area contributed by atoms with Gasteiger partial charge in [-0.2, -0.15) is 0 Å². The van der Waals surface area contributed by atoms with Crippen LogP contribution in [0.15, 0.2) is 18.2 Å². The molecular formula is C14H21FN2O2. The zero-order valence-corrected chi connectivity index (χ0v) is 11.9. The maximum Gasteiger partial charge on any atom is 0.253 e. The zero-order chi connectivity index (χ0) is 14.6. The molecule has 1 amide bonds. The van der Waals surface area contributed by atoms with Gasteiger partial charge >= 0.3 is 0 Å². The lowest BCUT2D eigenvalue weighted by Crippen LogP contribution is -2.39. The van der Waals surface area contributed by atoms with Crippen LogP contribution in [0, 0.1) is 11.2 Å². The molecule has 106 valence electrons. The van der Waals surface area contributed by atoms with Gasteiger partial charge in [0.05, 0.1) is 7.11 Å². The first kappa shape index (κ1) is 15.4. The van der Waals surface area contributed by atoms with Crippen LogP contribution in [0.3, 0.4) is 0 Å². The summed E-state index contributed by atoms with van der Waals surface area (Å²) in [6.45, 7) is 4.94. The fraction of sp³-hybridized carbons (Fsp3) is 0.500. The molecule has 0 radical (unpaired) electrons. The van der Waals surface area contributed by atoms with Gasteiger partial charge in [-0.15, -0.1) is 0 Å². The maximum atomic E-state index is 13.6. The number of methoxy groups -OCH3 is 1. The molecule has 4 nitrogen and oxygen atoms in total. The highest BCUT2D eigenvalue weighted by atomic mass is 19.1. The fourth-order valence-electron chi connectivity index (χ4n) is 1.80. The van der Waals surface area contributed by atoms with E-state index in [9.17, 15) is 9.18 Å². The van der Waals surface area contributed by atoms with Crippen LogP contribution in [-0.2, 0) is 0 Å². The van der Waals surface area contributed by atoms with E-state index in [1.165, 1.54) is 19.2 Å². The highest BCUT2D eigenvalue weighted by Gasteiger charge is 2.22. The average molecular weight is 268 g/mol. The molecule has 0 saturated heterocycles. The van der Waals surface area contributed by atoms with Crippen molar-refractivity contribution in [3.63, 3.8) is 0 Å². The molecule has 0 aromatic heterocycles. The molecule has 0 atom stereocenters. The van der Waals surface area contributed by atoms with Crippen molar-refractivity contribution in [1.29, 1.82) is 0 Å². The molecule has 1 rings (SSSR count). The van der Waals surface area contributed by atoms with Gasteiger partial charge in [-0.1, -0.05) is 13.8 Å². The SMILES string of the molecule is COc1ccc(C(=O)N(C)CC(C)(C)CN)cc1F. The van der Waals surface area contributed by atoms with Crippen molar-refractivity contribution < 1.29 is 13.9 Å². The Bertz CT molecular complexity index is 461. The number of benzene rings is 1. The summed E-state index contributed by atoms with van der Waals surface area (Å²) in [7, 11) is 3.07. The van der Waals surface area contributed by atoms with Crippen LogP contribution in [0.4, 0.5) is 4.39 Å². The van der Waals surface area contributed by atoms with Crippen LogP contribution < -0.4 is 10.5 Å². The van der Waals surface area contributed by atoms with E-state index >= 15 is 0 Å². The summed E-state index contributed by atoms with van der Waals surface area (Å²) in [6, 6.07) is 4.19. The predicted molar refractivity (Wildman–Crippen MR) is 72.7 cm³/mol. The summed E-state index contributed by atoms with van der Waals surface area (Å²) in [5.74, 6) is -0.649. The van der Waals surface area contributed by atoms with Crippen molar-refractivity contribution in [1.82, 2.24) is 4.90 Å².